The van der Waals surface area contributed by atoms with Gasteiger partial charge < -0.3 is 9.64 Å². The third kappa shape index (κ3) is 2.99. The molecule has 4 nitrogen and oxygen atoms in total. The van der Waals surface area contributed by atoms with Crippen LogP contribution in [0.1, 0.15) is 11.3 Å². The Hall–Kier alpha value is -0.910. The molecule has 1 aromatic heterocycles. The van der Waals surface area contributed by atoms with E-state index in [1.165, 1.54) is 4.88 Å². The third-order valence-corrected chi connectivity index (χ3v) is 4.92. The Balaban J connectivity index is 1.63. The van der Waals surface area contributed by atoms with Crippen molar-refractivity contribution >= 4 is 17.2 Å². The fraction of sp³-hybridized carbons (Fsp3) is 0.643. The fourth-order valence-corrected chi connectivity index (χ4v) is 3.74. The summed E-state index contributed by atoms with van der Waals surface area (Å²) in [4.78, 5) is 17.4. The largest absolute Gasteiger partial charge is 0.368 e. The van der Waals surface area contributed by atoms with Gasteiger partial charge in [-0.1, -0.05) is 6.07 Å². The molecule has 1 aromatic rings. The van der Waals surface area contributed by atoms with Crippen molar-refractivity contribution in [1.82, 2.24) is 9.80 Å². The van der Waals surface area contributed by atoms with Crippen LogP contribution in [0, 0.1) is 5.92 Å². The minimum Gasteiger partial charge on any atom is -0.368 e. The zero-order valence-corrected chi connectivity index (χ0v) is 12.1. The summed E-state index contributed by atoms with van der Waals surface area (Å²) in [7, 11) is 1.88. The molecule has 0 aromatic carbocycles. The van der Waals surface area contributed by atoms with Gasteiger partial charge in [0, 0.05) is 44.0 Å². The maximum atomic E-state index is 11.7. The molecule has 2 atom stereocenters. The Morgan fingerprint density at radius 3 is 3.16 bits per heavy atom. The number of likely N-dealkylation sites (N-methyl/N-ethyl adjacent to an activating group) is 1. The number of thiophene rings is 1. The van der Waals surface area contributed by atoms with Crippen molar-refractivity contribution in [3.05, 3.63) is 22.4 Å². The number of ether oxygens (including phenoxy) is 1. The number of hydrogen-bond donors (Lipinski definition) is 0. The second-order valence-electron chi connectivity index (χ2n) is 5.49. The lowest BCUT2D eigenvalue weighted by Crippen LogP contribution is -2.46. The highest BCUT2D eigenvalue weighted by molar-refractivity contribution is 7.09. The van der Waals surface area contributed by atoms with Gasteiger partial charge in [0.15, 0.2) is 0 Å². The molecule has 2 fully saturated rings. The molecule has 3 rings (SSSR count). The average Bonchev–Trinajstić information content (AvgIpc) is 2.85. The van der Waals surface area contributed by atoms with E-state index in [1.807, 2.05) is 23.3 Å². The maximum absolute atomic E-state index is 11.7. The highest BCUT2D eigenvalue weighted by atomic mass is 32.1. The minimum atomic E-state index is 0.110. The van der Waals surface area contributed by atoms with Crippen LogP contribution in [0.4, 0.5) is 0 Å². The molecule has 19 heavy (non-hydrogen) atoms. The van der Waals surface area contributed by atoms with Crippen LogP contribution in [-0.4, -0.2) is 55.1 Å². The van der Waals surface area contributed by atoms with E-state index < -0.39 is 0 Å². The molecule has 0 N–H and O–H groups in total. The lowest BCUT2D eigenvalue weighted by molar-refractivity contribution is -0.133. The maximum Gasteiger partial charge on any atom is 0.248 e. The van der Waals surface area contributed by atoms with E-state index in [1.54, 1.807) is 0 Å². The lowest BCUT2D eigenvalue weighted by atomic mass is 9.94. The van der Waals surface area contributed by atoms with Crippen molar-refractivity contribution < 1.29 is 9.53 Å². The topological polar surface area (TPSA) is 32.8 Å². The molecule has 1 amide bonds. The van der Waals surface area contributed by atoms with Crippen molar-refractivity contribution in [1.29, 1.82) is 0 Å². The quantitative estimate of drug-likeness (QED) is 0.821. The molecule has 0 spiro atoms. The van der Waals surface area contributed by atoms with E-state index >= 15 is 0 Å². The summed E-state index contributed by atoms with van der Waals surface area (Å²) < 4.78 is 5.76. The van der Waals surface area contributed by atoms with Gasteiger partial charge in [0.2, 0.25) is 5.91 Å². The summed E-state index contributed by atoms with van der Waals surface area (Å²) >= 11 is 1.81. The van der Waals surface area contributed by atoms with Crippen molar-refractivity contribution in [3.63, 3.8) is 0 Å². The first-order valence-corrected chi connectivity index (χ1v) is 7.70. The summed E-state index contributed by atoms with van der Waals surface area (Å²) in [5, 5.41) is 2.13. The molecule has 0 bridgehead atoms. The Morgan fingerprint density at radius 2 is 2.37 bits per heavy atom. The number of carbonyl (C=O) groups is 1. The standard InChI is InChI=1S/C14H20N2O2S/c1-15-7-11-8-16(9-12-3-2-6-19-12)5-4-13(11)18-10-14(15)17/h2-3,6,11,13H,4-5,7-10H2,1H3/t11-,13-/m0/s1. The summed E-state index contributed by atoms with van der Waals surface area (Å²) in [6.45, 7) is 4.20. The predicted molar refractivity (Wildman–Crippen MR) is 75.1 cm³/mol. The number of fused-ring (bicyclic) bond motifs is 1. The normalized spacial score (nSPS) is 29.1. The van der Waals surface area contributed by atoms with Crippen molar-refractivity contribution in [2.75, 3.05) is 33.3 Å². The van der Waals surface area contributed by atoms with Crippen LogP contribution < -0.4 is 0 Å². The number of hydrogen-bond acceptors (Lipinski definition) is 4. The van der Waals surface area contributed by atoms with Crippen LogP contribution in [0.15, 0.2) is 17.5 Å². The highest BCUT2D eigenvalue weighted by Crippen LogP contribution is 2.25. The molecule has 5 heteroatoms. The Kier molecular flexibility index (Phi) is 3.86. The van der Waals surface area contributed by atoms with E-state index in [0.717, 1.165) is 32.6 Å². The summed E-state index contributed by atoms with van der Waals surface area (Å²) in [5.41, 5.74) is 0. The average molecular weight is 280 g/mol. The van der Waals surface area contributed by atoms with Crippen LogP contribution >= 0.6 is 11.3 Å². The minimum absolute atomic E-state index is 0.110. The van der Waals surface area contributed by atoms with Crippen LogP contribution in [0.3, 0.4) is 0 Å². The van der Waals surface area contributed by atoms with Gasteiger partial charge in [0.1, 0.15) is 6.61 Å². The summed E-state index contributed by atoms with van der Waals surface area (Å²) in [5.74, 6) is 0.560. The van der Waals surface area contributed by atoms with Gasteiger partial charge in [-0.25, -0.2) is 0 Å². The van der Waals surface area contributed by atoms with Crippen molar-refractivity contribution in [2.24, 2.45) is 5.92 Å². The molecule has 0 radical (unpaired) electrons. The van der Waals surface area contributed by atoms with Crippen LogP contribution in [0.5, 0.6) is 0 Å². The molecular weight excluding hydrogens is 260 g/mol. The van der Waals surface area contributed by atoms with E-state index in [0.29, 0.717) is 5.92 Å². The summed E-state index contributed by atoms with van der Waals surface area (Å²) in [6, 6.07) is 4.30. The Morgan fingerprint density at radius 1 is 1.47 bits per heavy atom. The van der Waals surface area contributed by atoms with Gasteiger partial charge >= 0.3 is 0 Å². The van der Waals surface area contributed by atoms with Gasteiger partial charge in [0.05, 0.1) is 6.10 Å². The first kappa shape index (κ1) is 13.1. The van der Waals surface area contributed by atoms with Crippen molar-refractivity contribution in [2.45, 2.75) is 19.1 Å². The zero-order chi connectivity index (χ0) is 13.2. The number of amides is 1. The molecule has 2 aliphatic rings. The van der Waals surface area contributed by atoms with E-state index in [4.69, 9.17) is 4.74 Å². The van der Waals surface area contributed by atoms with Crippen LogP contribution in [-0.2, 0) is 16.1 Å². The molecule has 0 unspecified atom stereocenters. The fourth-order valence-electron chi connectivity index (χ4n) is 2.99. The van der Waals surface area contributed by atoms with Gasteiger partial charge in [-0.3, -0.25) is 9.69 Å². The predicted octanol–water partition coefficient (Wildman–Crippen LogP) is 1.43. The Labute approximate surface area is 118 Å². The second kappa shape index (κ2) is 5.61. The lowest BCUT2D eigenvalue weighted by Gasteiger charge is -2.37. The molecule has 2 saturated heterocycles. The van der Waals surface area contributed by atoms with E-state index in [-0.39, 0.29) is 18.6 Å². The molecule has 2 aliphatic heterocycles. The first-order valence-electron chi connectivity index (χ1n) is 6.82. The monoisotopic (exact) mass is 280 g/mol. The van der Waals surface area contributed by atoms with Crippen molar-refractivity contribution in [3.8, 4) is 0 Å². The SMILES string of the molecule is CN1C[C@H]2CN(Cc3cccs3)CC[C@@H]2OCC1=O. The molecule has 3 heterocycles. The van der Waals surface area contributed by atoms with Crippen LogP contribution in [0.2, 0.25) is 0 Å². The first-order chi connectivity index (χ1) is 9.22. The molecule has 104 valence electrons. The smallest absolute Gasteiger partial charge is 0.248 e. The molecule has 0 saturated carbocycles. The number of nitrogens with zero attached hydrogens (tertiary/aromatic N) is 2. The Bertz CT molecular complexity index is 435. The van der Waals surface area contributed by atoms with Gasteiger partial charge in [-0.2, -0.15) is 0 Å². The molecular formula is C14H20N2O2S. The van der Waals surface area contributed by atoms with E-state index in [9.17, 15) is 4.79 Å². The zero-order valence-electron chi connectivity index (χ0n) is 11.2. The number of rotatable bonds is 2. The highest BCUT2D eigenvalue weighted by Gasteiger charge is 2.34. The summed E-state index contributed by atoms with van der Waals surface area (Å²) in [6.07, 6.45) is 1.30. The van der Waals surface area contributed by atoms with E-state index in [2.05, 4.69) is 22.4 Å². The van der Waals surface area contributed by atoms with Gasteiger partial charge in [-0.05, 0) is 17.9 Å². The third-order valence-electron chi connectivity index (χ3n) is 4.06. The van der Waals surface area contributed by atoms with Crippen LogP contribution in [0.25, 0.3) is 0 Å². The molecule has 0 aliphatic carbocycles. The number of carbonyl (C=O) groups excluding carboxylic acids is 1. The second-order valence-corrected chi connectivity index (χ2v) is 6.52. The number of piperidine rings is 1. The van der Waals surface area contributed by atoms with Gasteiger partial charge in [0.25, 0.3) is 0 Å². The van der Waals surface area contributed by atoms with Gasteiger partial charge in [-0.15, -0.1) is 11.3 Å². The number of likely N-dealkylation sites (tertiary alicyclic amines) is 1.